The minimum absolute atomic E-state index is 0.951. The summed E-state index contributed by atoms with van der Waals surface area (Å²) in [5, 5.41) is 10.4. The Morgan fingerprint density at radius 2 is 1.25 bits per heavy atom. The molecular weight excluding hydrogens is 667 g/mol. The van der Waals surface area contributed by atoms with Gasteiger partial charge in [0.05, 0.1) is 0 Å². The number of furan rings is 1. The van der Waals surface area contributed by atoms with Crippen LogP contribution in [-0.2, 0) is 0 Å². The van der Waals surface area contributed by atoms with Crippen LogP contribution < -0.4 is 15.3 Å². The van der Waals surface area contributed by atoms with E-state index < -0.39 is 8.07 Å². The van der Waals surface area contributed by atoms with Gasteiger partial charge >= 0.3 is 308 Å². The number of para-hydroxylation sites is 1. The molecule has 1 aliphatic rings. The number of rotatable bonds is 4. The summed E-state index contributed by atoms with van der Waals surface area (Å²) < 4.78 is 9.25. The molecule has 4 heteroatoms. The third kappa shape index (κ3) is 4.22. The number of nitrogens with zero attached hydrogens (tertiary/aromatic N) is 1. The van der Waals surface area contributed by atoms with Crippen molar-refractivity contribution in [3.05, 3.63) is 164 Å². The second-order valence-corrected chi connectivity index (χ2v) is 20.9. The molecular formula is C48H34NOSSi-. The van der Waals surface area contributed by atoms with Crippen LogP contribution >= 0.6 is 11.3 Å². The van der Waals surface area contributed by atoms with E-state index in [0.29, 0.717) is 0 Å². The van der Waals surface area contributed by atoms with Crippen molar-refractivity contribution in [1.29, 1.82) is 0 Å². The third-order valence-corrected chi connectivity index (χ3v) is 16.7. The molecule has 0 radical (unpaired) electrons. The van der Waals surface area contributed by atoms with Crippen LogP contribution in [0.15, 0.2) is 168 Å². The van der Waals surface area contributed by atoms with Gasteiger partial charge in [0.15, 0.2) is 0 Å². The van der Waals surface area contributed by atoms with Crippen LogP contribution in [0.5, 0.6) is 0 Å². The fourth-order valence-electron chi connectivity index (χ4n) is 9.02. The molecule has 0 spiro atoms. The summed E-state index contributed by atoms with van der Waals surface area (Å²) in [6, 6.07) is 60.4. The molecule has 3 heterocycles. The summed E-state index contributed by atoms with van der Waals surface area (Å²) in [6.45, 7) is 5.04. The number of hydrogen-bond donors (Lipinski definition) is 0. The SMILES string of the molecule is C[SiH-]1(C)c2cc(N(c3cccc(-c4cccc5ccccc45)c3)c3cccc4sc5ccccc5c34)ccc2-c2c1ccc1c2oc2ccccc21. The van der Waals surface area contributed by atoms with Crippen LogP contribution in [0, 0.1) is 0 Å². The molecule has 0 unspecified atom stereocenters. The first-order valence-electron chi connectivity index (χ1n) is 18.2. The first-order valence-corrected chi connectivity index (χ1v) is 22.4. The Morgan fingerprint density at radius 3 is 2.17 bits per heavy atom. The fraction of sp³-hybridized carbons (Fsp3) is 0.0417. The normalized spacial score (nSPS) is 14.0. The zero-order chi connectivity index (χ0) is 34.6. The molecule has 2 aromatic heterocycles. The monoisotopic (exact) mass is 700 g/mol. The van der Waals surface area contributed by atoms with Crippen molar-refractivity contribution >= 4 is 99.7 Å². The maximum absolute atomic E-state index is 6.65. The summed E-state index contributed by atoms with van der Waals surface area (Å²) >= 11 is 1.87. The van der Waals surface area contributed by atoms with E-state index in [-0.39, 0.29) is 0 Å². The summed E-state index contributed by atoms with van der Waals surface area (Å²) in [5.41, 5.74) is 10.6. The van der Waals surface area contributed by atoms with Gasteiger partial charge in [-0.3, -0.25) is 0 Å². The van der Waals surface area contributed by atoms with Crippen molar-refractivity contribution in [2.45, 2.75) is 13.1 Å². The number of benzene rings is 8. The predicted octanol–water partition coefficient (Wildman–Crippen LogP) is 12.8. The van der Waals surface area contributed by atoms with E-state index in [1.54, 1.807) is 0 Å². The van der Waals surface area contributed by atoms with Crippen molar-refractivity contribution < 1.29 is 4.42 Å². The predicted molar refractivity (Wildman–Crippen MR) is 228 cm³/mol. The van der Waals surface area contributed by atoms with Gasteiger partial charge in [0.2, 0.25) is 0 Å². The van der Waals surface area contributed by atoms with Gasteiger partial charge in [-0.1, -0.05) is 0 Å². The van der Waals surface area contributed by atoms with Crippen LogP contribution in [0.2, 0.25) is 13.1 Å². The van der Waals surface area contributed by atoms with Crippen LogP contribution in [0.4, 0.5) is 17.1 Å². The van der Waals surface area contributed by atoms with Crippen molar-refractivity contribution in [2.24, 2.45) is 0 Å². The molecule has 0 fully saturated rings. The molecule has 52 heavy (non-hydrogen) atoms. The van der Waals surface area contributed by atoms with Crippen LogP contribution in [0.1, 0.15) is 0 Å². The van der Waals surface area contributed by atoms with E-state index in [0.717, 1.165) is 16.9 Å². The van der Waals surface area contributed by atoms with E-state index in [1.807, 2.05) is 11.3 Å². The minimum atomic E-state index is -2.46. The van der Waals surface area contributed by atoms with E-state index in [4.69, 9.17) is 4.42 Å². The first kappa shape index (κ1) is 29.8. The maximum atomic E-state index is 6.65. The summed E-state index contributed by atoms with van der Waals surface area (Å²) in [7, 11) is -2.46. The average molecular weight is 701 g/mol. The zero-order valence-corrected chi connectivity index (χ0v) is 30.9. The molecule has 1 aliphatic heterocycles. The average Bonchev–Trinajstić information content (AvgIpc) is 3.83. The molecule has 248 valence electrons. The summed E-state index contributed by atoms with van der Waals surface area (Å²) in [6.07, 6.45) is 0. The Kier molecular flexibility index (Phi) is 6.31. The Morgan fingerprint density at radius 1 is 0.519 bits per heavy atom. The molecule has 0 amide bonds. The molecule has 8 aromatic carbocycles. The van der Waals surface area contributed by atoms with E-state index >= 15 is 0 Å². The van der Waals surface area contributed by atoms with Gasteiger partial charge in [0.25, 0.3) is 0 Å². The molecule has 0 aliphatic carbocycles. The summed E-state index contributed by atoms with van der Waals surface area (Å²) in [5.74, 6) is 0. The molecule has 0 saturated carbocycles. The van der Waals surface area contributed by atoms with Crippen LogP contribution in [0.25, 0.3) is 75.1 Å². The number of thiophene rings is 1. The van der Waals surface area contributed by atoms with Crippen molar-refractivity contribution in [3.8, 4) is 22.3 Å². The van der Waals surface area contributed by atoms with Gasteiger partial charge in [0, 0.05) is 0 Å². The van der Waals surface area contributed by atoms with Crippen molar-refractivity contribution in [3.63, 3.8) is 0 Å². The Bertz CT molecular complexity index is 3070. The number of anilines is 3. The number of fused-ring (bicyclic) bond motifs is 11. The zero-order valence-electron chi connectivity index (χ0n) is 28.9. The van der Waals surface area contributed by atoms with Crippen LogP contribution in [-0.4, -0.2) is 8.07 Å². The second kappa shape index (κ2) is 11.0. The molecule has 0 N–H and O–H groups in total. The summed E-state index contributed by atoms with van der Waals surface area (Å²) in [4.78, 5) is 2.51. The number of hydrogen-bond acceptors (Lipinski definition) is 3. The first-order chi connectivity index (χ1) is 25.5. The topological polar surface area (TPSA) is 16.4 Å². The Labute approximate surface area is 306 Å². The fourth-order valence-corrected chi connectivity index (χ4v) is 13.7. The van der Waals surface area contributed by atoms with E-state index in [1.165, 1.54) is 85.7 Å². The van der Waals surface area contributed by atoms with Crippen molar-refractivity contribution in [1.82, 2.24) is 0 Å². The second-order valence-electron chi connectivity index (χ2n) is 14.8. The van der Waals surface area contributed by atoms with Crippen molar-refractivity contribution in [2.75, 3.05) is 4.90 Å². The van der Waals surface area contributed by atoms with Crippen LogP contribution in [0.3, 0.4) is 0 Å². The molecule has 2 nitrogen and oxygen atoms in total. The Balaban J connectivity index is 1.16. The van der Waals surface area contributed by atoms with E-state index in [2.05, 4.69) is 182 Å². The Hall–Kier alpha value is -5.94. The molecule has 11 rings (SSSR count). The quantitative estimate of drug-likeness (QED) is 0.170. The molecule has 10 aromatic rings. The van der Waals surface area contributed by atoms with Gasteiger partial charge in [-0.25, -0.2) is 0 Å². The molecule has 0 atom stereocenters. The standard InChI is InChI=1S/C48H34NOSSi/c1-52(2)44-27-26-37-36-17-5-7-21-41(36)50-48(37)47(44)39-25-24-33(29-45(39)52)49(40-20-11-23-43-46(40)38-18-6-8-22-42(38)51-43)32-15-9-14-31(28-32)35-19-10-13-30-12-3-4-16-34(30)35/h3-29,52H,1-2H3/q-1. The third-order valence-electron chi connectivity index (χ3n) is 11.5. The van der Waals surface area contributed by atoms with Gasteiger partial charge < -0.3 is 0 Å². The van der Waals surface area contributed by atoms with E-state index in [9.17, 15) is 0 Å². The van der Waals surface area contributed by atoms with Gasteiger partial charge in [-0.2, -0.15) is 0 Å². The van der Waals surface area contributed by atoms with Gasteiger partial charge in [0.1, 0.15) is 0 Å². The molecule has 0 bridgehead atoms. The molecule has 0 saturated heterocycles. The van der Waals surface area contributed by atoms with Gasteiger partial charge in [-0.15, -0.1) is 0 Å². The van der Waals surface area contributed by atoms with Gasteiger partial charge in [-0.05, 0) is 0 Å².